The first-order valence-electron chi connectivity index (χ1n) is 4.10. The quantitative estimate of drug-likeness (QED) is 0.683. The summed E-state index contributed by atoms with van der Waals surface area (Å²) in [5.41, 5.74) is 0.0397. The van der Waals surface area contributed by atoms with Crippen molar-refractivity contribution in [2.75, 3.05) is 11.9 Å². The van der Waals surface area contributed by atoms with Crippen LogP contribution in [0, 0.1) is 0 Å². The van der Waals surface area contributed by atoms with E-state index >= 15 is 0 Å². The van der Waals surface area contributed by atoms with Gasteiger partial charge in [0, 0.05) is 12.6 Å². The van der Waals surface area contributed by atoms with Gasteiger partial charge >= 0.3 is 0 Å². The maximum Gasteiger partial charge on any atom is 0.186 e. The molecule has 1 aromatic heterocycles. The number of hydrogen-bond donors (Lipinski definition) is 0. The Balaban J connectivity index is 2.89. The predicted octanol–water partition coefficient (Wildman–Crippen LogP) is 2.19. The summed E-state index contributed by atoms with van der Waals surface area (Å²) in [6, 6.07) is 0. The molecule has 0 aliphatic rings. The van der Waals surface area contributed by atoms with Crippen LogP contribution in [0.5, 0.6) is 0 Å². The van der Waals surface area contributed by atoms with Gasteiger partial charge in [0.15, 0.2) is 11.4 Å². The van der Waals surface area contributed by atoms with Crippen LogP contribution < -0.4 is 4.90 Å². The summed E-state index contributed by atoms with van der Waals surface area (Å²) in [5, 5.41) is 0.884. The molecule has 4 heteroatoms. The van der Waals surface area contributed by atoms with Crippen LogP contribution in [-0.4, -0.2) is 23.9 Å². The van der Waals surface area contributed by atoms with Gasteiger partial charge in [-0.05, 0) is 20.8 Å². The minimum absolute atomic E-state index is 0.0397. The van der Waals surface area contributed by atoms with Gasteiger partial charge in [0.05, 0.1) is 11.1 Å². The van der Waals surface area contributed by atoms with Crippen molar-refractivity contribution in [3.63, 3.8) is 0 Å². The minimum Gasteiger partial charge on any atom is -0.346 e. The molecule has 0 aliphatic carbocycles. The molecule has 0 bridgehead atoms. The Labute approximate surface area is 82.4 Å². The number of nitrogens with zero attached hydrogens (tertiary/aromatic N) is 2. The molecule has 0 aliphatic heterocycles. The Hall–Kier alpha value is -0.900. The molecule has 0 radical (unpaired) electrons. The Morgan fingerprint density at radius 1 is 1.54 bits per heavy atom. The number of aromatic nitrogens is 1. The van der Waals surface area contributed by atoms with E-state index in [9.17, 15) is 4.79 Å². The van der Waals surface area contributed by atoms with Gasteiger partial charge in [-0.3, -0.25) is 4.79 Å². The molecule has 1 rings (SSSR count). The standard InChI is InChI=1S/C9H14N2OS/c1-9(2,3)11(4)8-10-5-7(6-12)13-8/h5-6H,1-4H3. The minimum atomic E-state index is 0.0397. The zero-order valence-electron chi connectivity index (χ0n) is 8.37. The van der Waals surface area contributed by atoms with Crippen LogP contribution in [0.3, 0.4) is 0 Å². The second-order valence-corrected chi connectivity index (χ2v) is 4.93. The summed E-state index contributed by atoms with van der Waals surface area (Å²) >= 11 is 1.41. The van der Waals surface area contributed by atoms with E-state index in [1.54, 1.807) is 6.20 Å². The van der Waals surface area contributed by atoms with Crippen LogP contribution in [0.2, 0.25) is 0 Å². The zero-order chi connectivity index (χ0) is 10.1. The lowest BCUT2D eigenvalue weighted by Crippen LogP contribution is -2.37. The van der Waals surface area contributed by atoms with Crippen LogP contribution in [0.1, 0.15) is 30.4 Å². The van der Waals surface area contributed by atoms with Crippen molar-refractivity contribution in [1.29, 1.82) is 0 Å². The summed E-state index contributed by atoms with van der Waals surface area (Å²) in [6.45, 7) is 6.32. The van der Waals surface area contributed by atoms with E-state index in [2.05, 4.69) is 30.7 Å². The van der Waals surface area contributed by atoms with E-state index in [0.717, 1.165) is 11.4 Å². The first-order valence-corrected chi connectivity index (χ1v) is 4.91. The highest BCUT2D eigenvalue weighted by Crippen LogP contribution is 2.25. The fourth-order valence-corrected chi connectivity index (χ4v) is 1.65. The molecule has 0 saturated carbocycles. The number of aldehydes is 1. The topological polar surface area (TPSA) is 33.2 Å². The molecule has 0 saturated heterocycles. The lowest BCUT2D eigenvalue weighted by atomic mass is 10.1. The van der Waals surface area contributed by atoms with Crippen LogP contribution in [0.25, 0.3) is 0 Å². The van der Waals surface area contributed by atoms with E-state index in [4.69, 9.17) is 0 Å². The van der Waals surface area contributed by atoms with Gasteiger partial charge in [-0.1, -0.05) is 11.3 Å². The molecule has 1 aromatic rings. The normalized spacial score (nSPS) is 11.4. The van der Waals surface area contributed by atoms with E-state index in [1.165, 1.54) is 11.3 Å². The van der Waals surface area contributed by atoms with Crippen LogP contribution in [0.15, 0.2) is 6.20 Å². The SMILES string of the molecule is CN(c1ncc(C=O)s1)C(C)(C)C. The third-order valence-corrected chi connectivity index (χ3v) is 2.92. The molecule has 0 spiro atoms. The first kappa shape index (κ1) is 10.2. The van der Waals surface area contributed by atoms with Crippen molar-refractivity contribution in [3.05, 3.63) is 11.1 Å². The molecular formula is C9H14N2OS. The fourth-order valence-electron chi connectivity index (χ4n) is 0.773. The average Bonchev–Trinajstić information content (AvgIpc) is 2.48. The third kappa shape index (κ3) is 2.28. The molecule has 13 heavy (non-hydrogen) atoms. The maximum absolute atomic E-state index is 10.4. The Morgan fingerprint density at radius 2 is 2.15 bits per heavy atom. The van der Waals surface area contributed by atoms with E-state index in [0.29, 0.717) is 4.88 Å². The van der Waals surface area contributed by atoms with Crippen molar-refractivity contribution < 1.29 is 4.79 Å². The van der Waals surface area contributed by atoms with E-state index < -0.39 is 0 Å². The molecule has 0 atom stereocenters. The average molecular weight is 198 g/mol. The Morgan fingerprint density at radius 3 is 2.54 bits per heavy atom. The van der Waals surface area contributed by atoms with Crippen molar-refractivity contribution >= 4 is 22.8 Å². The molecule has 0 aromatic carbocycles. The number of hydrogen-bond acceptors (Lipinski definition) is 4. The smallest absolute Gasteiger partial charge is 0.186 e. The number of anilines is 1. The summed E-state index contributed by atoms with van der Waals surface area (Å²) in [6.07, 6.45) is 2.44. The summed E-state index contributed by atoms with van der Waals surface area (Å²) < 4.78 is 0. The predicted molar refractivity (Wildman–Crippen MR) is 55.7 cm³/mol. The van der Waals surface area contributed by atoms with Gasteiger partial charge in [0.2, 0.25) is 0 Å². The Kier molecular flexibility index (Phi) is 2.71. The van der Waals surface area contributed by atoms with Gasteiger partial charge in [0.1, 0.15) is 0 Å². The molecule has 0 unspecified atom stereocenters. The molecule has 0 amide bonds. The molecule has 0 fully saturated rings. The summed E-state index contributed by atoms with van der Waals surface area (Å²) in [4.78, 5) is 17.3. The van der Waals surface area contributed by atoms with Gasteiger partial charge in [-0.25, -0.2) is 4.98 Å². The van der Waals surface area contributed by atoms with Crippen LogP contribution in [-0.2, 0) is 0 Å². The van der Waals surface area contributed by atoms with Crippen LogP contribution in [0.4, 0.5) is 5.13 Å². The number of carbonyl (C=O) groups excluding carboxylic acids is 1. The third-order valence-electron chi connectivity index (χ3n) is 1.92. The van der Waals surface area contributed by atoms with Gasteiger partial charge in [0.25, 0.3) is 0 Å². The lowest BCUT2D eigenvalue weighted by molar-refractivity contribution is 0.112. The van der Waals surface area contributed by atoms with Gasteiger partial charge in [-0.2, -0.15) is 0 Å². The number of carbonyl (C=O) groups is 1. The molecule has 1 heterocycles. The van der Waals surface area contributed by atoms with Crippen molar-refractivity contribution in [2.45, 2.75) is 26.3 Å². The second-order valence-electron chi connectivity index (χ2n) is 3.89. The van der Waals surface area contributed by atoms with Crippen molar-refractivity contribution in [3.8, 4) is 0 Å². The van der Waals surface area contributed by atoms with Gasteiger partial charge < -0.3 is 4.90 Å². The molecule has 3 nitrogen and oxygen atoms in total. The van der Waals surface area contributed by atoms with E-state index in [1.807, 2.05) is 7.05 Å². The molecular weight excluding hydrogens is 184 g/mol. The number of rotatable bonds is 2. The second kappa shape index (κ2) is 3.46. The highest BCUT2D eigenvalue weighted by Gasteiger charge is 2.19. The highest BCUT2D eigenvalue weighted by atomic mass is 32.1. The molecule has 0 N–H and O–H groups in total. The fraction of sp³-hybridized carbons (Fsp3) is 0.556. The highest BCUT2D eigenvalue weighted by molar-refractivity contribution is 7.17. The lowest BCUT2D eigenvalue weighted by Gasteiger charge is -2.31. The Bertz CT molecular complexity index is 301. The zero-order valence-corrected chi connectivity index (χ0v) is 9.18. The van der Waals surface area contributed by atoms with Crippen molar-refractivity contribution in [2.24, 2.45) is 0 Å². The summed E-state index contributed by atoms with van der Waals surface area (Å²) in [7, 11) is 1.98. The maximum atomic E-state index is 10.4. The number of thiazole rings is 1. The largest absolute Gasteiger partial charge is 0.346 e. The first-order chi connectivity index (χ1) is 5.95. The summed E-state index contributed by atoms with van der Waals surface area (Å²) in [5.74, 6) is 0. The van der Waals surface area contributed by atoms with E-state index in [-0.39, 0.29) is 5.54 Å². The van der Waals surface area contributed by atoms with Crippen LogP contribution >= 0.6 is 11.3 Å². The van der Waals surface area contributed by atoms with Crippen molar-refractivity contribution in [1.82, 2.24) is 4.98 Å². The van der Waals surface area contributed by atoms with Gasteiger partial charge in [-0.15, -0.1) is 0 Å². The monoisotopic (exact) mass is 198 g/mol. The molecule has 72 valence electrons.